The van der Waals surface area contributed by atoms with Gasteiger partial charge < -0.3 is 20.1 Å². The van der Waals surface area contributed by atoms with Gasteiger partial charge in [-0.25, -0.2) is 0 Å². The monoisotopic (exact) mass is 503 g/mol. The van der Waals surface area contributed by atoms with Crippen molar-refractivity contribution >= 4 is 0 Å². The third-order valence-corrected chi connectivity index (χ3v) is 11.1. The van der Waals surface area contributed by atoms with Crippen molar-refractivity contribution in [1.29, 1.82) is 0 Å². The molecule has 2 aromatic rings. The lowest BCUT2D eigenvalue weighted by atomic mass is 9.46. The van der Waals surface area contributed by atoms with Crippen LogP contribution in [0.4, 0.5) is 0 Å². The van der Waals surface area contributed by atoms with Crippen molar-refractivity contribution < 1.29 is 20.1 Å². The number of hydrogen-bond acceptors (Lipinski definition) is 5. The summed E-state index contributed by atoms with van der Waals surface area (Å²) >= 11 is 0. The lowest BCUT2D eigenvalue weighted by Gasteiger charge is -2.63. The molecule has 198 valence electrons. The Hall–Kier alpha value is -2.08. The molecule has 37 heavy (non-hydrogen) atoms. The van der Waals surface area contributed by atoms with Gasteiger partial charge in [0.1, 0.15) is 6.10 Å². The Morgan fingerprint density at radius 1 is 1.05 bits per heavy atom. The van der Waals surface area contributed by atoms with E-state index in [4.69, 9.17) is 4.74 Å². The Morgan fingerprint density at radius 2 is 1.89 bits per heavy atom. The molecule has 5 heteroatoms. The van der Waals surface area contributed by atoms with E-state index in [-0.39, 0.29) is 17.8 Å². The summed E-state index contributed by atoms with van der Waals surface area (Å²) in [6, 6.07) is 14.9. The SMILES string of the molecule is OC[C@@]1(CCCCc2ccccc2)CC2C3Cc4ccc(O)c5c4C2(CCN3CC2CCC2)C(O5)[C@@H]1O. The van der Waals surface area contributed by atoms with Crippen LogP contribution in [0, 0.1) is 17.3 Å². The van der Waals surface area contributed by atoms with E-state index < -0.39 is 17.6 Å². The Bertz CT molecular complexity index is 1150. The molecular weight excluding hydrogens is 462 g/mol. The van der Waals surface area contributed by atoms with E-state index in [1.54, 1.807) is 6.07 Å². The molecule has 2 bridgehead atoms. The van der Waals surface area contributed by atoms with E-state index in [9.17, 15) is 15.3 Å². The lowest BCUT2D eigenvalue weighted by Crippen LogP contribution is -2.71. The summed E-state index contributed by atoms with van der Waals surface area (Å²) in [4.78, 5) is 2.75. The van der Waals surface area contributed by atoms with Crippen molar-refractivity contribution in [2.45, 2.75) is 87.9 Å². The van der Waals surface area contributed by atoms with Gasteiger partial charge in [-0.1, -0.05) is 49.2 Å². The molecule has 5 nitrogen and oxygen atoms in total. The van der Waals surface area contributed by atoms with E-state index in [2.05, 4.69) is 41.3 Å². The minimum absolute atomic E-state index is 0.0174. The van der Waals surface area contributed by atoms with Crippen molar-refractivity contribution in [3.63, 3.8) is 0 Å². The lowest BCUT2D eigenvalue weighted by molar-refractivity contribution is -0.182. The second kappa shape index (κ2) is 9.00. The third kappa shape index (κ3) is 3.53. The molecule has 2 aliphatic heterocycles. The maximum Gasteiger partial charge on any atom is 0.165 e. The Kier molecular flexibility index (Phi) is 5.83. The number of aryl methyl sites for hydroxylation is 1. The summed E-state index contributed by atoms with van der Waals surface area (Å²) in [5.41, 5.74) is 2.99. The molecule has 6 atom stereocenters. The zero-order valence-electron chi connectivity index (χ0n) is 21.8. The maximum atomic E-state index is 12.0. The standard InChI is InChI=1S/C32H41NO4/c34-20-31(14-5-4-9-21-7-2-1-3-8-21)18-24-25-17-23-12-13-26(35)28-27(23)32(24,30(37-28)29(31)36)15-16-33(25)19-22-10-6-11-22/h1-3,7-8,12-13,22,24-25,29-30,34-36H,4-6,9-11,14-20H2/t24?,25?,29-,30?,31+,32?/m0/s1. The van der Waals surface area contributed by atoms with Crippen molar-refractivity contribution in [2.75, 3.05) is 19.7 Å². The highest BCUT2D eigenvalue weighted by molar-refractivity contribution is 5.61. The third-order valence-electron chi connectivity index (χ3n) is 11.1. The first kappa shape index (κ1) is 24.0. The molecule has 2 saturated carbocycles. The van der Waals surface area contributed by atoms with Gasteiger partial charge in [-0.3, -0.25) is 4.90 Å². The van der Waals surface area contributed by atoms with E-state index in [0.717, 1.165) is 57.4 Å². The van der Waals surface area contributed by atoms with E-state index in [1.165, 1.54) is 42.5 Å². The molecule has 3 fully saturated rings. The van der Waals surface area contributed by atoms with Crippen molar-refractivity contribution in [3.8, 4) is 11.5 Å². The molecule has 0 amide bonds. The Balaban J connectivity index is 1.20. The average Bonchev–Trinajstić information content (AvgIpc) is 3.24. The second-order valence-electron chi connectivity index (χ2n) is 12.8. The number of nitrogens with zero attached hydrogens (tertiary/aromatic N) is 1. The van der Waals surface area contributed by atoms with Crippen LogP contribution in [0.3, 0.4) is 0 Å². The minimum Gasteiger partial charge on any atom is -0.504 e. The number of phenols is 1. The number of aromatic hydroxyl groups is 1. The fourth-order valence-electron chi connectivity index (χ4n) is 8.94. The van der Waals surface area contributed by atoms with Gasteiger partial charge in [0.05, 0.1) is 12.7 Å². The predicted molar refractivity (Wildman–Crippen MR) is 143 cm³/mol. The van der Waals surface area contributed by atoms with Gasteiger partial charge in [0.15, 0.2) is 11.5 Å². The molecule has 3 aliphatic carbocycles. The van der Waals surface area contributed by atoms with Crippen LogP contribution in [0.25, 0.3) is 0 Å². The van der Waals surface area contributed by atoms with Crippen molar-refractivity contribution in [2.24, 2.45) is 17.3 Å². The maximum absolute atomic E-state index is 12.0. The number of benzene rings is 2. The summed E-state index contributed by atoms with van der Waals surface area (Å²) < 4.78 is 6.57. The number of hydrogen-bond donors (Lipinski definition) is 3. The molecule has 2 aromatic carbocycles. The fourth-order valence-corrected chi connectivity index (χ4v) is 8.94. The van der Waals surface area contributed by atoms with Crippen LogP contribution in [0.1, 0.15) is 68.1 Å². The number of rotatable bonds is 8. The highest BCUT2D eigenvalue weighted by atomic mass is 16.5. The van der Waals surface area contributed by atoms with Gasteiger partial charge in [0, 0.05) is 29.0 Å². The van der Waals surface area contributed by atoms with Crippen LogP contribution >= 0.6 is 0 Å². The molecule has 7 rings (SSSR count). The molecule has 5 aliphatic rings. The Morgan fingerprint density at radius 3 is 2.65 bits per heavy atom. The van der Waals surface area contributed by atoms with Gasteiger partial charge in [0.25, 0.3) is 0 Å². The predicted octanol–water partition coefficient (Wildman–Crippen LogP) is 4.59. The first-order valence-electron chi connectivity index (χ1n) is 14.6. The second-order valence-corrected chi connectivity index (χ2v) is 12.8. The largest absolute Gasteiger partial charge is 0.504 e. The van der Waals surface area contributed by atoms with E-state index in [0.29, 0.717) is 17.7 Å². The molecule has 0 aromatic heterocycles. The van der Waals surface area contributed by atoms with Crippen molar-refractivity contribution in [1.82, 2.24) is 4.90 Å². The van der Waals surface area contributed by atoms with E-state index >= 15 is 0 Å². The minimum atomic E-state index is -0.748. The van der Waals surface area contributed by atoms with Gasteiger partial charge in [-0.2, -0.15) is 0 Å². The molecule has 2 heterocycles. The van der Waals surface area contributed by atoms with Gasteiger partial charge in [0.2, 0.25) is 0 Å². The molecule has 1 spiro atoms. The number of aliphatic hydroxyl groups is 2. The van der Waals surface area contributed by atoms with Gasteiger partial charge in [-0.05, 0) is 86.9 Å². The summed E-state index contributed by atoms with van der Waals surface area (Å²) in [5.74, 6) is 1.94. The zero-order valence-corrected chi connectivity index (χ0v) is 21.8. The first-order chi connectivity index (χ1) is 18.1. The topological polar surface area (TPSA) is 73.2 Å². The number of aliphatic hydroxyl groups excluding tert-OH is 2. The number of likely N-dealkylation sites (tertiary alicyclic amines) is 1. The van der Waals surface area contributed by atoms with Crippen LogP contribution < -0.4 is 4.74 Å². The van der Waals surface area contributed by atoms with Crippen LogP contribution in [-0.2, 0) is 18.3 Å². The smallest absolute Gasteiger partial charge is 0.165 e. The molecule has 0 radical (unpaired) electrons. The van der Waals surface area contributed by atoms with E-state index in [1.807, 2.05) is 0 Å². The molecule has 1 saturated heterocycles. The number of phenolic OH excluding ortho intramolecular Hbond substituents is 1. The van der Waals surface area contributed by atoms with Crippen LogP contribution in [0.5, 0.6) is 11.5 Å². The van der Waals surface area contributed by atoms with Crippen LogP contribution in [0.2, 0.25) is 0 Å². The zero-order chi connectivity index (χ0) is 25.2. The van der Waals surface area contributed by atoms with Gasteiger partial charge in [-0.15, -0.1) is 0 Å². The van der Waals surface area contributed by atoms with Crippen molar-refractivity contribution in [3.05, 3.63) is 59.2 Å². The highest BCUT2D eigenvalue weighted by Gasteiger charge is 2.70. The molecular formula is C32H41NO4. The summed E-state index contributed by atoms with van der Waals surface area (Å²) in [7, 11) is 0. The number of unbranched alkanes of at least 4 members (excludes halogenated alkanes) is 1. The number of piperidine rings is 1. The van der Waals surface area contributed by atoms with Gasteiger partial charge >= 0.3 is 0 Å². The summed E-state index contributed by atoms with van der Waals surface area (Å²) in [5, 5.41) is 33.7. The number of ether oxygens (including phenoxy) is 1. The average molecular weight is 504 g/mol. The fraction of sp³-hybridized carbons (Fsp3) is 0.625. The van der Waals surface area contributed by atoms with Crippen LogP contribution in [0.15, 0.2) is 42.5 Å². The molecule has 3 N–H and O–H groups in total. The quantitative estimate of drug-likeness (QED) is 0.460. The summed E-state index contributed by atoms with van der Waals surface area (Å²) in [6.07, 6.45) is 9.51. The normalized spacial score (nSPS) is 36.1. The summed E-state index contributed by atoms with van der Waals surface area (Å²) in [6.45, 7) is 2.19. The molecule has 4 unspecified atom stereocenters. The van der Waals surface area contributed by atoms with Crippen LogP contribution in [-0.4, -0.2) is 58.2 Å². The highest BCUT2D eigenvalue weighted by Crippen LogP contribution is 2.67. The first-order valence-corrected chi connectivity index (χ1v) is 14.6. The Labute approximate surface area is 220 Å².